The fourth-order valence-corrected chi connectivity index (χ4v) is 6.88. The lowest BCUT2D eigenvalue weighted by molar-refractivity contribution is 0.0522. The molecule has 0 bridgehead atoms. The maximum absolute atomic E-state index is 12.4. The first kappa shape index (κ1) is 30.1. The van der Waals surface area contributed by atoms with Crippen molar-refractivity contribution in [2.45, 2.75) is 141 Å². The second-order valence-corrected chi connectivity index (χ2v) is 12.4. The summed E-state index contributed by atoms with van der Waals surface area (Å²) >= 11 is 0. The number of rotatable bonds is 21. The van der Waals surface area contributed by atoms with Crippen LogP contribution in [0.1, 0.15) is 141 Å². The number of carbonyl (C=O) groups is 1. The van der Waals surface area contributed by atoms with Crippen molar-refractivity contribution in [1.29, 1.82) is 0 Å². The third kappa shape index (κ3) is 14.1. The monoisotopic (exact) mass is 477 g/mol. The van der Waals surface area contributed by atoms with E-state index in [1.807, 2.05) is 19.1 Å². The van der Waals surface area contributed by atoms with Crippen LogP contribution in [0.4, 0.5) is 0 Å². The summed E-state index contributed by atoms with van der Waals surface area (Å²) in [4.78, 5) is 13.6. The van der Waals surface area contributed by atoms with E-state index in [1.165, 1.54) is 113 Å². The van der Waals surface area contributed by atoms with E-state index >= 15 is 0 Å². The van der Waals surface area contributed by atoms with Gasteiger partial charge in [-0.1, -0.05) is 109 Å². The summed E-state index contributed by atoms with van der Waals surface area (Å²) < 4.78 is 5.30. The van der Waals surface area contributed by atoms with Crippen LogP contribution in [0.3, 0.4) is 0 Å². The second-order valence-electron chi connectivity index (χ2n) is 9.70. The summed E-state index contributed by atoms with van der Waals surface area (Å²) in [7, 11) is 0.106. The SMILES string of the molecule is CCCCCCCCCCCCCCCCCC[S+](c1ccccc1C(=O)OCC)C(C)C. The third-order valence-corrected chi connectivity index (χ3v) is 9.24. The van der Waals surface area contributed by atoms with E-state index < -0.39 is 0 Å². The fourth-order valence-electron chi connectivity index (χ4n) is 4.48. The Morgan fingerprint density at radius 1 is 0.727 bits per heavy atom. The minimum atomic E-state index is -0.168. The minimum Gasteiger partial charge on any atom is -0.462 e. The van der Waals surface area contributed by atoms with E-state index in [9.17, 15) is 4.79 Å². The lowest BCUT2D eigenvalue weighted by atomic mass is 10.0. The summed E-state index contributed by atoms with van der Waals surface area (Å²) in [5.74, 6) is 1.02. The molecule has 0 fully saturated rings. The summed E-state index contributed by atoms with van der Waals surface area (Å²) in [6, 6.07) is 8.09. The van der Waals surface area contributed by atoms with Gasteiger partial charge in [-0.2, -0.15) is 0 Å². The first-order chi connectivity index (χ1) is 16.1. The molecular weight excluding hydrogens is 424 g/mol. The first-order valence-corrected chi connectivity index (χ1v) is 15.5. The average Bonchev–Trinajstić information content (AvgIpc) is 2.81. The predicted octanol–water partition coefficient (Wildman–Crippen LogP) is 9.51. The maximum atomic E-state index is 12.4. The number of hydrogen-bond acceptors (Lipinski definition) is 2. The van der Waals surface area contributed by atoms with Gasteiger partial charge in [0.1, 0.15) is 16.6 Å². The molecule has 0 aliphatic rings. The van der Waals surface area contributed by atoms with Crippen molar-refractivity contribution in [3.05, 3.63) is 29.8 Å². The molecule has 1 rings (SSSR count). The van der Waals surface area contributed by atoms with Crippen molar-refractivity contribution < 1.29 is 9.53 Å². The Kier molecular flexibility index (Phi) is 18.6. The van der Waals surface area contributed by atoms with E-state index in [0.717, 1.165) is 5.56 Å². The number of benzene rings is 1. The van der Waals surface area contributed by atoms with E-state index in [2.05, 4.69) is 32.9 Å². The van der Waals surface area contributed by atoms with Crippen LogP contribution in [-0.4, -0.2) is 23.6 Å². The molecule has 0 amide bonds. The zero-order valence-electron chi connectivity index (χ0n) is 22.3. The number of esters is 1. The predicted molar refractivity (Wildman–Crippen MR) is 148 cm³/mol. The Bertz CT molecular complexity index is 599. The molecule has 0 N–H and O–H groups in total. The van der Waals surface area contributed by atoms with Crippen LogP contribution in [0.5, 0.6) is 0 Å². The molecular formula is C30H53O2S+. The molecule has 0 spiro atoms. The highest BCUT2D eigenvalue weighted by atomic mass is 32.2. The Labute approximate surface area is 209 Å². The van der Waals surface area contributed by atoms with Crippen LogP contribution in [0.15, 0.2) is 29.2 Å². The van der Waals surface area contributed by atoms with Crippen LogP contribution >= 0.6 is 0 Å². The van der Waals surface area contributed by atoms with Gasteiger partial charge in [0.2, 0.25) is 0 Å². The van der Waals surface area contributed by atoms with Gasteiger partial charge in [-0.15, -0.1) is 0 Å². The summed E-state index contributed by atoms with van der Waals surface area (Å²) in [6.45, 7) is 9.18. The van der Waals surface area contributed by atoms with E-state index in [-0.39, 0.29) is 16.9 Å². The van der Waals surface area contributed by atoms with Crippen LogP contribution < -0.4 is 0 Å². The van der Waals surface area contributed by atoms with Gasteiger partial charge in [0.05, 0.1) is 6.61 Å². The summed E-state index contributed by atoms with van der Waals surface area (Å²) in [6.07, 6.45) is 22.4. The Balaban J connectivity index is 2.13. The minimum absolute atomic E-state index is 0.106. The van der Waals surface area contributed by atoms with Gasteiger partial charge in [0.25, 0.3) is 0 Å². The normalized spacial score (nSPS) is 12.3. The van der Waals surface area contributed by atoms with E-state index in [1.54, 1.807) is 0 Å². The second kappa shape index (κ2) is 20.4. The first-order valence-electron chi connectivity index (χ1n) is 14.1. The molecule has 0 aliphatic heterocycles. The quantitative estimate of drug-likeness (QED) is 0.100. The molecule has 0 heterocycles. The highest BCUT2D eigenvalue weighted by Crippen LogP contribution is 2.25. The molecule has 0 aliphatic carbocycles. The Hall–Kier alpha value is -0.960. The molecule has 1 atom stereocenters. The number of hydrogen-bond donors (Lipinski definition) is 0. The molecule has 190 valence electrons. The van der Waals surface area contributed by atoms with Crippen molar-refractivity contribution in [2.24, 2.45) is 0 Å². The number of carbonyl (C=O) groups excluding carboxylic acids is 1. The van der Waals surface area contributed by atoms with Gasteiger partial charge >= 0.3 is 5.97 Å². The highest BCUT2D eigenvalue weighted by Gasteiger charge is 2.30. The number of ether oxygens (including phenoxy) is 1. The smallest absolute Gasteiger partial charge is 0.343 e. The molecule has 2 nitrogen and oxygen atoms in total. The fraction of sp³-hybridized carbons (Fsp3) is 0.767. The average molecular weight is 478 g/mol. The number of unbranched alkanes of at least 4 members (excludes halogenated alkanes) is 15. The van der Waals surface area contributed by atoms with E-state index in [0.29, 0.717) is 11.9 Å². The molecule has 0 saturated heterocycles. The van der Waals surface area contributed by atoms with Gasteiger partial charge in [-0.25, -0.2) is 4.79 Å². The standard InChI is InChI=1S/C30H53O2S/c1-5-7-8-9-10-11-12-13-14-15-16-17-18-19-20-23-26-33(27(3)4)29-25-22-21-24-28(29)30(31)32-6-2/h21-22,24-25,27H,5-20,23,26H2,1-4H3/q+1. The highest BCUT2D eigenvalue weighted by molar-refractivity contribution is 7.97. The molecule has 33 heavy (non-hydrogen) atoms. The Morgan fingerprint density at radius 2 is 1.18 bits per heavy atom. The van der Waals surface area contributed by atoms with Crippen molar-refractivity contribution >= 4 is 16.9 Å². The molecule has 1 aromatic carbocycles. The molecule has 1 unspecified atom stereocenters. The van der Waals surface area contributed by atoms with Crippen LogP contribution in [0, 0.1) is 0 Å². The van der Waals surface area contributed by atoms with Crippen molar-refractivity contribution in [2.75, 3.05) is 12.4 Å². The van der Waals surface area contributed by atoms with Crippen LogP contribution in [-0.2, 0) is 15.6 Å². The van der Waals surface area contributed by atoms with Crippen molar-refractivity contribution in [3.8, 4) is 0 Å². The molecule has 0 saturated carbocycles. The largest absolute Gasteiger partial charge is 0.462 e. The third-order valence-electron chi connectivity index (χ3n) is 6.45. The van der Waals surface area contributed by atoms with Crippen LogP contribution in [0.2, 0.25) is 0 Å². The zero-order valence-corrected chi connectivity index (χ0v) is 23.2. The van der Waals surface area contributed by atoms with Gasteiger partial charge < -0.3 is 4.74 Å². The van der Waals surface area contributed by atoms with Gasteiger partial charge in [-0.3, -0.25) is 0 Å². The molecule has 0 radical (unpaired) electrons. The topological polar surface area (TPSA) is 26.3 Å². The summed E-state index contributed by atoms with van der Waals surface area (Å²) in [5.41, 5.74) is 0.771. The lowest BCUT2D eigenvalue weighted by Gasteiger charge is -2.15. The van der Waals surface area contributed by atoms with Gasteiger partial charge in [-0.05, 0) is 45.7 Å². The lowest BCUT2D eigenvalue weighted by Crippen LogP contribution is -2.22. The van der Waals surface area contributed by atoms with Crippen molar-refractivity contribution in [1.82, 2.24) is 0 Å². The Morgan fingerprint density at radius 3 is 1.64 bits per heavy atom. The maximum Gasteiger partial charge on any atom is 0.343 e. The van der Waals surface area contributed by atoms with Gasteiger partial charge in [0, 0.05) is 10.9 Å². The van der Waals surface area contributed by atoms with Crippen molar-refractivity contribution in [3.63, 3.8) is 0 Å². The van der Waals surface area contributed by atoms with Gasteiger partial charge in [0.15, 0.2) is 4.90 Å². The van der Waals surface area contributed by atoms with E-state index in [4.69, 9.17) is 4.74 Å². The summed E-state index contributed by atoms with van der Waals surface area (Å²) in [5, 5.41) is 0.553. The molecule has 1 aromatic rings. The zero-order chi connectivity index (χ0) is 24.2. The molecule has 3 heteroatoms. The molecule has 0 aromatic heterocycles. The van der Waals surface area contributed by atoms with Crippen LogP contribution in [0.25, 0.3) is 0 Å².